The molecule has 0 atom stereocenters. The van der Waals surface area contributed by atoms with Crippen molar-refractivity contribution in [2.45, 2.75) is 4.90 Å². The maximum atomic E-state index is 13.3. The largest absolute Gasteiger partial charge is 0.275 e. The molecule has 0 aliphatic carbocycles. The van der Waals surface area contributed by atoms with Crippen molar-refractivity contribution in [3.63, 3.8) is 0 Å². The van der Waals surface area contributed by atoms with Crippen LogP contribution in [0.4, 0.5) is 14.5 Å². The van der Waals surface area contributed by atoms with E-state index in [1.54, 1.807) is 0 Å². The predicted octanol–water partition coefficient (Wildman–Crippen LogP) is 3.47. The fourth-order valence-electron chi connectivity index (χ4n) is 1.37. The van der Waals surface area contributed by atoms with Gasteiger partial charge in [-0.05, 0) is 30.3 Å². The maximum Gasteiger partial charge on any atom is 0.263 e. The minimum absolute atomic E-state index is 0.0858. The molecule has 0 aliphatic rings. The molecule has 0 bridgehead atoms. The highest BCUT2D eigenvalue weighted by Crippen LogP contribution is 2.27. The Morgan fingerprint density at radius 2 is 1.80 bits per heavy atom. The minimum Gasteiger partial charge on any atom is -0.275 e. The summed E-state index contributed by atoms with van der Waals surface area (Å²) in [6.45, 7) is 0. The normalized spacial score (nSPS) is 11.4. The van der Waals surface area contributed by atoms with Crippen molar-refractivity contribution >= 4 is 38.9 Å². The Hall–Kier alpha value is -1.44. The average Bonchev–Trinajstić information content (AvgIpc) is 2.35. The molecule has 0 saturated carbocycles. The summed E-state index contributed by atoms with van der Waals surface area (Å²) in [6, 6.07) is 5.54. The minimum atomic E-state index is -4.17. The molecule has 9 heteroatoms. The highest BCUT2D eigenvalue weighted by atomic mass is 35.5. The number of hydrogen-bond acceptors (Lipinski definition) is 3. The van der Waals surface area contributed by atoms with Gasteiger partial charge in [0.05, 0.1) is 5.02 Å². The number of hydrogen-bond donors (Lipinski definition) is 1. The third kappa shape index (κ3) is 3.17. The Balaban J connectivity index is 2.43. The molecule has 4 nitrogen and oxygen atoms in total. The van der Waals surface area contributed by atoms with E-state index in [9.17, 15) is 17.2 Å². The van der Waals surface area contributed by atoms with Crippen LogP contribution < -0.4 is 4.72 Å². The first-order chi connectivity index (χ1) is 9.29. The van der Waals surface area contributed by atoms with Crippen LogP contribution in [0.2, 0.25) is 10.0 Å². The van der Waals surface area contributed by atoms with E-state index >= 15 is 0 Å². The summed E-state index contributed by atoms with van der Waals surface area (Å²) < 4.78 is 52.1. The van der Waals surface area contributed by atoms with Crippen LogP contribution in [0.3, 0.4) is 0 Å². The van der Waals surface area contributed by atoms with Crippen LogP contribution in [0.1, 0.15) is 0 Å². The Bertz CT molecular complexity index is 769. The SMILES string of the molecule is O=S(=O)(Nc1ccc(F)nc1F)c1cc(Cl)ccc1Cl. The van der Waals surface area contributed by atoms with Crippen molar-refractivity contribution in [1.82, 2.24) is 4.98 Å². The van der Waals surface area contributed by atoms with E-state index in [4.69, 9.17) is 23.2 Å². The summed E-state index contributed by atoms with van der Waals surface area (Å²) in [5, 5.41) is 0.0601. The van der Waals surface area contributed by atoms with Gasteiger partial charge in [-0.1, -0.05) is 23.2 Å². The lowest BCUT2D eigenvalue weighted by Crippen LogP contribution is -2.15. The predicted molar refractivity (Wildman–Crippen MR) is 71.4 cm³/mol. The van der Waals surface area contributed by atoms with E-state index in [1.807, 2.05) is 4.72 Å². The smallest absolute Gasteiger partial charge is 0.263 e. The van der Waals surface area contributed by atoms with Gasteiger partial charge in [0.1, 0.15) is 10.6 Å². The Morgan fingerprint density at radius 3 is 2.45 bits per heavy atom. The standard InChI is InChI=1S/C11H6Cl2F2N2O2S/c12-6-1-2-7(13)9(5-6)20(18,19)17-8-3-4-10(14)16-11(8)15/h1-5,17H. The zero-order valence-electron chi connectivity index (χ0n) is 9.57. The molecule has 1 heterocycles. The summed E-state index contributed by atoms with van der Waals surface area (Å²) in [7, 11) is -4.17. The van der Waals surface area contributed by atoms with Gasteiger partial charge < -0.3 is 0 Å². The van der Waals surface area contributed by atoms with Crippen LogP contribution in [0, 0.1) is 11.9 Å². The number of halogens is 4. The molecule has 0 spiro atoms. The number of aromatic nitrogens is 1. The monoisotopic (exact) mass is 338 g/mol. The molecule has 0 aliphatic heterocycles. The molecule has 106 valence electrons. The summed E-state index contributed by atoms with van der Waals surface area (Å²) >= 11 is 11.5. The van der Waals surface area contributed by atoms with Crippen molar-refractivity contribution in [3.05, 3.63) is 52.3 Å². The van der Waals surface area contributed by atoms with Crippen LogP contribution >= 0.6 is 23.2 Å². The first-order valence-electron chi connectivity index (χ1n) is 5.09. The van der Waals surface area contributed by atoms with Gasteiger partial charge in [-0.25, -0.2) is 8.42 Å². The van der Waals surface area contributed by atoms with Crippen molar-refractivity contribution in [2.24, 2.45) is 0 Å². The second-order valence-electron chi connectivity index (χ2n) is 3.65. The Labute approximate surface area is 123 Å². The van der Waals surface area contributed by atoms with Crippen molar-refractivity contribution in [1.29, 1.82) is 0 Å². The van der Waals surface area contributed by atoms with E-state index in [0.717, 1.165) is 18.2 Å². The molecule has 1 aromatic heterocycles. The van der Waals surface area contributed by atoms with Crippen molar-refractivity contribution in [2.75, 3.05) is 4.72 Å². The van der Waals surface area contributed by atoms with Crippen molar-refractivity contribution in [3.8, 4) is 0 Å². The van der Waals surface area contributed by atoms with Gasteiger partial charge in [-0.2, -0.15) is 13.8 Å². The zero-order valence-corrected chi connectivity index (χ0v) is 11.9. The lowest BCUT2D eigenvalue weighted by atomic mass is 10.4. The number of benzene rings is 1. The number of anilines is 1. The second kappa shape index (κ2) is 5.51. The van der Waals surface area contributed by atoms with Crippen LogP contribution in [-0.4, -0.2) is 13.4 Å². The highest BCUT2D eigenvalue weighted by molar-refractivity contribution is 7.92. The molecule has 1 aromatic carbocycles. The van der Waals surface area contributed by atoms with E-state index in [2.05, 4.69) is 4.98 Å². The number of rotatable bonds is 3. The van der Waals surface area contributed by atoms with E-state index < -0.39 is 27.6 Å². The topological polar surface area (TPSA) is 59.1 Å². The summed E-state index contributed by atoms with van der Waals surface area (Å²) in [5.74, 6) is -2.35. The molecule has 0 saturated heterocycles. The lowest BCUT2D eigenvalue weighted by molar-refractivity contribution is 0.515. The van der Waals surface area contributed by atoms with Gasteiger partial charge in [-0.3, -0.25) is 4.72 Å². The summed E-state index contributed by atoms with van der Waals surface area (Å²) in [5.41, 5.74) is -0.498. The highest BCUT2D eigenvalue weighted by Gasteiger charge is 2.20. The van der Waals surface area contributed by atoms with Crippen LogP contribution in [-0.2, 0) is 10.0 Å². The van der Waals surface area contributed by atoms with Crippen LogP contribution in [0.15, 0.2) is 35.2 Å². The number of nitrogens with zero attached hydrogens (tertiary/aromatic N) is 1. The zero-order chi connectivity index (χ0) is 14.9. The molecule has 0 unspecified atom stereocenters. The number of nitrogens with one attached hydrogen (secondary N) is 1. The first kappa shape index (κ1) is 15.0. The fourth-order valence-corrected chi connectivity index (χ4v) is 3.19. The quantitative estimate of drug-likeness (QED) is 0.871. The van der Waals surface area contributed by atoms with Crippen LogP contribution in [0.25, 0.3) is 0 Å². The fraction of sp³-hybridized carbons (Fsp3) is 0. The summed E-state index contributed by atoms with van der Waals surface area (Å²) in [4.78, 5) is 2.55. The third-order valence-corrected chi connectivity index (χ3v) is 4.32. The molecule has 0 amide bonds. The van der Waals surface area contributed by atoms with E-state index in [0.29, 0.717) is 0 Å². The molecule has 2 rings (SSSR count). The third-order valence-electron chi connectivity index (χ3n) is 2.24. The van der Waals surface area contributed by atoms with Crippen molar-refractivity contribution < 1.29 is 17.2 Å². The number of sulfonamides is 1. The molecular formula is C11H6Cl2F2N2O2S. The molecule has 2 aromatic rings. The summed E-state index contributed by atoms with van der Waals surface area (Å²) in [6.07, 6.45) is 0. The van der Waals surface area contributed by atoms with E-state index in [1.165, 1.54) is 12.1 Å². The molecule has 0 fully saturated rings. The van der Waals surface area contributed by atoms with Gasteiger partial charge in [0, 0.05) is 5.02 Å². The molecule has 20 heavy (non-hydrogen) atoms. The van der Waals surface area contributed by atoms with Gasteiger partial charge in [0.15, 0.2) is 0 Å². The Kier molecular flexibility index (Phi) is 4.12. The van der Waals surface area contributed by atoms with E-state index in [-0.39, 0.29) is 14.9 Å². The Morgan fingerprint density at radius 1 is 1.10 bits per heavy atom. The number of pyridine rings is 1. The lowest BCUT2D eigenvalue weighted by Gasteiger charge is -2.10. The maximum absolute atomic E-state index is 13.3. The second-order valence-corrected chi connectivity index (χ2v) is 6.15. The van der Waals surface area contributed by atoms with Gasteiger partial charge in [0.2, 0.25) is 11.9 Å². The molecular weight excluding hydrogens is 333 g/mol. The van der Waals surface area contributed by atoms with Gasteiger partial charge in [0.25, 0.3) is 10.0 Å². The first-order valence-corrected chi connectivity index (χ1v) is 7.33. The van der Waals surface area contributed by atoms with Gasteiger partial charge in [-0.15, -0.1) is 0 Å². The average molecular weight is 339 g/mol. The molecule has 1 N–H and O–H groups in total. The van der Waals surface area contributed by atoms with Crippen LogP contribution in [0.5, 0.6) is 0 Å². The van der Waals surface area contributed by atoms with Gasteiger partial charge >= 0.3 is 0 Å². The molecule has 0 radical (unpaired) electrons.